The van der Waals surface area contributed by atoms with Crippen molar-refractivity contribution in [3.63, 3.8) is 0 Å². The van der Waals surface area contributed by atoms with Gasteiger partial charge in [-0.3, -0.25) is 4.79 Å². The first kappa shape index (κ1) is 15.2. The summed E-state index contributed by atoms with van der Waals surface area (Å²) >= 11 is 0. The molecule has 7 heteroatoms. The van der Waals surface area contributed by atoms with Crippen molar-refractivity contribution in [3.8, 4) is 0 Å². The highest BCUT2D eigenvalue weighted by atomic mass is 19.4. The minimum Gasteiger partial charge on any atom is -0.372 e. The predicted octanol–water partition coefficient (Wildman–Crippen LogP) is 0.809. The molecule has 0 fully saturated rings. The molecular weight excluding hydrogens is 225 g/mol. The molecule has 0 spiro atoms. The van der Waals surface area contributed by atoms with E-state index in [4.69, 9.17) is 5.73 Å². The Bertz CT molecular complexity index is 229. The third-order valence-corrected chi connectivity index (χ3v) is 1.91. The van der Waals surface area contributed by atoms with Gasteiger partial charge >= 0.3 is 6.18 Å². The summed E-state index contributed by atoms with van der Waals surface area (Å²) in [5, 5.41) is 2.82. The maximum Gasteiger partial charge on any atom is 0.411 e. The lowest BCUT2D eigenvalue weighted by Gasteiger charge is -2.22. The van der Waals surface area contributed by atoms with Crippen molar-refractivity contribution in [1.29, 1.82) is 0 Å². The molecule has 0 aromatic rings. The van der Waals surface area contributed by atoms with Crippen LogP contribution in [0.3, 0.4) is 0 Å². The summed E-state index contributed by atoms with van der Waals surface area (Å²) in [4.78, 5) is 10.9. The summed E-state index contributed by atoms with van der Waals surface area (Å²) in [6, 6.07) is 0. The Balaban J connectivity index is 3.52. The van der Waals surface area contributed by atoms with Crippen molar-refractivity contribution in [2.45, 2.75) is 32.0 Å². The van der Waals surface area contributed by atoms with Gasteiger partial charge in [-0.15, -0.1) is 0 Å². The van der Waals surface area contributed by atoms with Crippen molar-refractivity contribution in [1.82, 2.24) is 5.32 Å². The molecular formula is C9H17F3N2O2. The summed E-state index contributed by atoms with van der Waals surface area (Å²) in [7, 11) is 0. The van der Waals surface area contributed by atoms with Crippen molar-refractivity contribution in [3.05, 3.63) is 0 Å². The lowest BCUT2D eigenvalue weighted by Crippen LogP contribution is -2.50. The number of hydrogen-bond donors (Lipinski definition) is 2. The van der Waals surface area contributed by atoms with Crippen LogP contribution in [0.15, 0.2) is 0 Å². The quantitative estimate of drug-likeness (QED) is 0.649. The molecule has 0 saturated carbocycles. The zero-order valence-electron chi connectivity index (χ0n) is 9.36. The van der Waals surface area contributed by atoms with Crippen LogP contribution in [0.1, 0.15) is 20.3 Å². The van der Waals surface area contributed by atoms with Crippen LogP contribution in [-0.4, -0.2) is 37.4 Å². The van der Waals surface area contributed by atoms with Crippen LogP contribution < -0.4 is 11.1 Å². The van der Waals surface area contributed by atoms with Crippen LogP contribution in [0, 0.1) is 0 Å². The Morgan fingerprint density at radius 1 is 1.38 bits per heavy atom. The number of rotatable bonds is 7. The molecule has 0 atom stereocenters. The number of carbonyl (C=O) groups is 1. The van der Waals surface area contributed by atoms with Gasteiger partial charge in [0.05, 0.1) is 5.54 Å². The molecule has 0 unspecified atom stereocenters. The Labute approximate surface area is 92.3 Å². The molecule has 0 radical (unpaired) electrons. The summed E-state index contributed by atoms with van der Waals surface area (Å²) in [5.74, 6) is -0.510. The van der Waals surface area contributed by atoms with Crippen molar-refractivity contribution < 1.29 is 22.7 Å². The summed E-state index contributed by atoms with van der Waals surface area (Å²) < 4.78 is 39.4. The minimum atomic E-state index is -4.29. The zero-order chi connectivity index (χ0) is 12.8. The number of primary amides is 1. The Morgan fingerprint density at radius 3 is 2.38 bits per heavy atom. The first-order valence-corrected chi connectivity index (χ1v) is 4.84. The van der Waals surface area contributed by atoms with Gasteiger partial charge in [0.25, 0.3) is 0 Å². The Morgan fingerprint density at radius 2 is 1.94 bits per heavy atom. The highest BCUT2D eigenvalue weighted by Gasteiger charge is 2.27. The first-order valence-electron chi connectivity index (χ1n) is 4.84. The highest BCUT2D eigenvalue weighted by Crippen LogP contribution is 2.14. The predicted molar refractivity (Wildman–Crippen MR) is 52.8 cm³/mol. The van der Waals surface area contributed by atoms with E-state index in [0.29, 0.717) is 13.0 Å². The lowest BCUT2D eigenvalue weighted by molar-refractivity contribution is -0.174. The van der Waals surface area contributed by atoms with Gasteiger partial charge in [0.2, 0.25) is 5.91 Å². The zero-order valence-corrected chi connectivity index (χ0v) is 9.36. The lowest BCUT2D eigenvalue weighted by atomic mass is 10.1. The van der Waals surface area contributed by atoms with Crippen molar-refractivity contribution >= 4 is 5.91 Å². The van der Waals surface area contributed by atoms with E-state index < -0.39 is 24.2 Å². The molecule has 1 amide bonds. The van der Waals surface area contributed by atoms with Gasteiger partial charge in [0, 0.05) is 6.61 Å². The largest absolute Gasteiger partial charge is 0.411 e. The molecule has 0 saturated heterocycles. The number of ether oxygens (including phenoxy) is 1. The molecule has 0 aromatic carbocycles. The Kier molecular flexibility index (Phi) is 5.74. The molecule has 0 aromatic heterocycles. The number of alkyl halides is 3. The van der Waals surface area contributed by atoms with E-state index in [1.165, 1.54) is 0 Å². The average molecular weight is 242 g/mol. The van der Waals surface area contributed by atoms with E-state index >= 15 is 0 Å². The molecule has 0 aliphatic carbocycles. The van der Waals surface area contributed by atoms with Gasteiger partial charge in [-0.2, -0.15) is 13.2 Å². The number of nitrogens with one attached hydrogen (secondary N) is 1. The van der Waals surface area contributed by atoms with E-state index in [1.54, 1.807) is 13.8 Å². The second-order valence-electron chi connectivity index (χ2n) is 3.94. The third kappa shape index (κ3) is 7.47. The van der Waals surface area contributed by atoms with Gasteiger partial charge in [-0.25, -0.2) is 0 Å². The van der Waals surface area contributed by atoms with E-state index in [2.05, 4.69) is 10.1 Å². The van der Waals surface area contributed by atoms with Gasteiger partial charge in [0.1, 0.15) is 6.61 Å². The van der Waals surface area contributed by atoms with E-state index in [0.717, 1.165) is 0 Å². The van der Waals surface area contributed by atoms with Crippen LogP contribution >= 0.6 is 0 Å². The van der Waals surface area contributed by atoms with Crippen LogP contribution in [0.2, 0.25) is 0 Å². The minimum absolute atomic E-state index is 0.0125. The first-order chi connectivity index (χ1) is 7.15. The summed E-state index contributed by atoms with van der Waals surface area (Å²) in [5.41, 5.74) is 4.23. The average Bonchev–Trinajstić information content (AvgIpc) is 2.09. The van der Waals surface area contributed by atoms with Gasteiger partial charge < -0.3 is 15.8 Å². The SMILES string of the molecule is CC(C)(NCCCOCC(F)(F)F)C(N)=O. The fourth-order valence-corrected chi connectivity index (χ4v) is 0.850. The topological polar surface area (TPSA) is 64.3 Å². The highest BCUT2D eigenvalue weighted by molar-refractivity contribution is 5.83. The molecule has 3 N–H and O–H groups in total. The maximum atomic E-state index is 11.7. The Hall–Kier alpha value is -0.820. The molecule has 0 rings (SSSR count). The molecule has 0 bridgehead atoms. The van der Waals surface area contributed by atoms with Crippen LogP contribution in [0.25, 0.3) is 0 Å². The maximum absolute atomic E-state index is 11.7. The van der Waals surface area contributed by atoms with Gasteiger partial charge in [-0.1, -0.05) is 0 Å². The molecule has 96 valence electrons. The summed E-state index contributed by atoms with van der Waals surface area (Å²) in [6.45, 7) is 2.32. The number of carbonyl (C=O) groups excluding carboxylic acids is 1. The molecule has 4 nitrogen and oxygen atoms in total. The fraction of sp³-hybridized carbons (Fsp3) is 0.889. The van der Waals surface area contributed by atoms with E-state index in [-0.39, 0.29) is 6.61 Å². The normalized spacial score (nSPS) is 12.8. The monoisotopic (exact) mass is 242 g/mol. The van der Waals surface area contributed by atoms with Gasteiger partial charge in [0.15, 0.2) is 0 Å². The number of hydrogen-bond acceptors (Lipinski definition) is 3. The van der Waals surface area contributed by atoms with E-state index in [1.807, 2.05) is 0 Å². The second kappa shape index (κ2) is 6.05. The van der Waals surface area contributed by atoms with Crippen molar-refractivity contribution in [2.75, 3.05) is 19.8 Å². The molecule has 16 heavy (non-hydrogen) atoms. The fourth-order valence-electron chi connectivity index (χ4n) is 0.850. The molecule has 0 heterocycles. The van der Waals surface area contributed by atoms with Gasteiger partial charge in [-0.05, 0) is 26.8 Å². The summed E-state index contributed by atoms with van der Waals surface area (Å²) in [6.07, 6.45) is -3.91. The van der Waals surface area contributed by atoms with Crippen LogP contribution in [-0.2, 0) is 9.53 Å². The second-order valence-corrected chi connectivity index (χ2v) is 3.94. The number of halogens is 3. The van der Waals surface area contributed by atoms with E-state index in [9.17, 15) is 18.0 Å². The number of nitrogens with two attached hydrogens (primary N) is 1. The van der Waals surface area contributed by atoms with Crippen LogP contribution in [0.4, 0.5) is 13.2 Å². The van der Waals surface area contributed by atoms with Crippen molar-refractivity contribution in [2.24, 2.45) is 5.73 Å². The number of amides is 1. The molecule has 0 aliphatic heterocycles. The standard InChI is InChI=1S/C9H17F3N2O2/c1-8(2,7(13)15)14-4-3-5-16-6-9(10,11)12/h14H,3-6H2,1-2H3,(H2,13,15). The third-order valence-electron chi connectivity index (χ3n) is 1.91. The molecule has 0 aliphatic rings. The smallest absolute Gasteiger partial charge is 0.372 e. The van der Waals surface area contributed by atoms with Crippen LogP contribution in [0.5, 0.6) is 0 Å².